The van der Waals surface area contributed by atoms with Gasteiger partial charge in [0.15, 0.2) is 5.76 Å². The largest absolute Gasteiger partial charge is 0.445 e. The van der Waals surface area contributed by atoms with Gasteiger partial charge in [-0.15, -0.1) is 0 Å². The minimum atomic E-state index is -0.512. The Labute approximate surface area is 151 Å². The molecule has 3 aromatic rings. The van der Waals surface area contributed by atoms with Crippen molar-refractivity contribution >= 4 is 11.8 Å². The zero-order valence-corrected chi connectivity index (χ0v) is 14.7. The molecule has 0 aliphatic carbocycles. The number of carbonyl (C=O) groups excluding carboxylic acids is 1. The summed E-state index contributed by atoms with van der Waals surface area (Å²) in [6.07, 6.45) is -0.512. The molecule has 7 nitrogen and oxygen atoms in total. The number of alkyl carbamates (subject to hydrolysis) is 1. The normalized spacial score (nSPS) is 10.5. The first-order valence-electron chi connectivity index (χ1n) is 8.18. The number of carbonyl (C=O) groups is 1. The number of anilines is 1. The molecule has 26 heavy (non-hydrogen) atoms. The number of amides is 1. The van der Waals surface area contributed by atoms with Gasteiger partial charge in [0, 0.05) is 5.56 Å². The zero-order valence-electron chi connectivity index (χ0n) is 14.7. The van der Waals surface area contributed by atoms with Crippen molar-refractivity contribution in [1.29, 1.82) is 0 Å². The average molecular weight is 352 g/mol. The summed E-state index contributed by atoms with van der Waals surface area (Å²) in [5.74, 6) is 0.508. The quantitative estimate of drug-likeness (QED) is 0.730. The van der Waals surface area contributed by atoms with E-state index in [1.807, 2.05) is 44.2 Å². The summed E-state index contributed by atoms with van der Waals surface area (Å²) in [5.41, 5.74) is 10.1. The van der Waals surface area contributed by atoms with Gasteiger partial charge in [-0.25, -0.2) is 9.78 Å². The summed E-state index contributed by atoms with van der Waals surface area (Å²) < 4.78 is 10.6. The number of ether oxygens (including phenoxy) is 1. The Hall–Kier alpha value is -3.35. The van der Waals surface area contributed by atoms with Crippen LogP contribution in [0.4, 0.5) is 10.5 Å². The second-order valence-corrected chi connectivity index (χ2v) is 5.86. The molecule has 0 bridgehead atoms. The molecule has 0 radical (unpaired) electrons. The lowest BCUT2D eigenvalue weighted by molar-refractivity contribution is 0.139. The molecule has 0 unspecified atom stereocenters. The molecule has 2 heterocycles. The minimum Gasteiger partial charge on any atom is -0.445 e. The van der Waals surface area contributed by atoms with Crippen molar-refractivity contribution in [3.8, 4) is 11.5 Å². The van der Waals surface area contributed by atoms with Crippen LogP contribution in [0.15, 0.2) is 47.0 Å². The highest BCUT2D eigenvalue weighted by Gasteiger charge is 2.17. The number of rotatable bonds is 5. The molecule has 0 aliphatic rings. The number of nitrogens with two attached hydrogens (primary N) is 1. The van der Waals surface area contributed by atoms with Crippen molar-refractivity contribution in [3.63, 3.8) is 0 Å². The van der Waals surface area contributed by atoms with Crippen LogP contribution in [0.5, 0.6) is 0 Å². The van der Waals surface area contributed by atoms with Crippen molar-refractivity contribution in [1.82, 2.24) is 15.5 Å². The highest BCUT2D eigenvalue weighted by Crippen LogP contribution is 2.26. The first kappa shape index (κ1) is 17.5. The molecule has 0 aliphatic heterocycles. The number of pyridine rings is 1. The van der Waals surface area contributed by atoms with Gasteiger partial charge in [0.05, 0.1) is 23.6 Å². The monoisotopic (exact) mass is 352 g/mol. The summed E-state index contributed by atoms with van der Waals surface area (Å²) >= 11 is 0. The van der Waals surface area contributed by atoms with Crippen molar-refractivity contribution in [2.45, 2.75) is 27.0 Å². The number of hydrogen-bond acceptors (Lipinski definition) is 6. The molecule has 0 spiro atoms. The van der Waals surface area contributed by atoms with Crippen LogP contribution in [0.3, 0.4) is 0 Å². The van der Waals surface area contributed by atoms with E-state index in [1.165, 1.54) is 0 Å². The molecule has 0 saturated carbocycles. The molecular formula is C19H20N4O3. The van der Waals surface area contributed by atoms with E-state index in [4.69, 9.17) is 15.0 Å². The highest BCUT2D eigenvalue weighted by atomic mass is 16.5. The topological polar surface area (TPSA) is 103 Å². The zero-order chi connectivity index (χ0) is 18.5. The van der Waals surface area contributed by atoms with Gasteiger partial charge in [-0.05, 0) is 31.5 Å². The van der Waals surface area contributed by atoms with E-state index in [-0.39, 0.29) is 13.2 Å². The molecule has 3 rings (SSSR count). The maximum absolute atomic E-state index is 12.0. The summed E-state index contributed by atoms with van der Waals surface area (Å²) in [4.78, 5) is 16.4. The van der Waals surface area contributed by atoms with E-state index in [2.05, 4.69) is 15.5 Å². The van der Waals surface area contributed by atoms with Gasteiger partial charge in [0.1, 0.15) is 12.3 Å². The Balaban J connectivity index is 1.65. The minimum absolute atomic E-state index is 0.209. The average Bonchev–Trinajstić information content (AvgIpc) is 3.02. The van der Waals surface area contributed by atoms with Crippen LogP contribution in [-0.2, 0) is 17.9 Å². The first-order chi connectivity index (χ1) is 12.5. The van der Waals surface area contributed by atoms with Crippen molar-refractivity contribution in [3.05, 3.63) is 65.0 Å². The molecule has 3 N–H and O–H groups in total. The van der Waals surface area contributed by atoms with Crippen LogP contribution in [0, 0.1) is 13.8 Å². The Morgan fingerprint density at radius 3 is 2.65 bits per heavy atom. The van der Waals surface area contributed by atoms with Crippen LogP contribution in [0.1, 0.15) is 22.5 Å². The van der Waals surface area contributed by atoms with E-state index in [0.29, 0.717) is 28.5 Å². The van der Waals surface area contributed by atoms with Crippen molar-refractivity contribution < 1.29 is 14.1 Å². The SMILES string of the molecule is Cc1nc(-c2onc(C)c2CNC(=O)OCc2ccccc2)ccc1N. The molecule has 1 aromatic carbocycles. The number of benzene rings is 1. The molecule has 0 saturated heterocycles. The third-order valence-electron chi connectivity index (χ3n) is 3.97. The third-order valence-corrected chi connectivity index (χ3v) is 3.97. The summed E-state index contributed by atoms with van der Waals surface area (Å²) in [6, 6.07) is 13.0. The number of nitrogen functional groups attached to an aromatic ring is 1. The smallest absolute Gasteiger partial charge is 0.407 e. The summed E-state index contributed by atoms with van der Waals surface area (Å²) in [6.45, 7) is 4.06. The van der Waals surface area contributed by atoms with E-state index >= 15 is 0 Å². The van der Waals surface area contributed by atoms with Crippen LogP contribution in [0.25, 0.3) is 11.5 Å². The Kier molecular flexibility index (Phi) is 5.17. The fraction of sp³-hybridized carbons (Fsp3) is 0.211. The number of nitrogens with zero attached hydrogens (tertiary/aromatic N) is 2. The molecule has 0 fully saturated rings. The predicted molar refractivity (Wildman–Crippen MR) is 97.1 cm³/mol. The second-order valence-electron chi connectivity index (χ2n) is 5.86. The molecule has 1 amide bonds. The molecule has 0 atom stereocenters. The van der Waals surface area contributed by atoms with Crippen LogP contribution < -0.4 is 11.1 Å². The van der Waals surface area contributed by atoms with Gasteiger partial charge in [-0.3, -0.25) is 0 Å². The summed E-state index contributed by atoms with van der Waals surface area (Å²) in [5, 5.41) is 6.70. The lowest BCUT2D eigenvalue weighted by Gasteiger charge is -2.08. The fourth-order valence-electron chi connectivity index (χ4n) is 2.43. The predicted octanol–water partition coefficient (Wildman–Crippen LogP) is 3.36. The Morgan fingerprint density at radius 2 is 1.92 bits per heavy atom. The van der Waals surface area contributed by atoms with E-state index in [1.54, 1.807) is 12.1 Å². The lowest BCUT2D eigenvalue weighted by Crippen LogP contribution is -2.24. The van der Waals surface area contributed by atoms with Gasteiger partial charge in [-0.2, -0.15) is 0 Å². The van der Waals surface area contributed by atoms with Crippen LogP contribution in [-0.4, -0.2) is 16.2 Å². The maximum Gasteiger partial charge on any atom is 0.407 e. The van der Waals surface area contributed by atoms with Gasteiger partial charge >= 0.3 is 6.09 Å². The maximum atomic E-state index is 12.0. The Morgan fingerprint density at radius 1 is 1.15 bits per heavy atom. The number of aryl methyl sites for hydroxylation is 2. The third kappa shape index (κ3) is 4.00. The Bertz CT molecular complexity index is 906. The van der Waals surface area contributed by atoms with Gasteiger partial charge in [0.25, 0.3) is 0 Å². The number of hydrogen-bond donors (Lipinski definition) is 2. The van der Waals surface area contributed by atoms with Crippen molar-refractivity contribution in [2.75, 3.05) is 5.73 Å². The van der Waals surface area contributed by atoms with Gasteiger partial charge < -0.3 is 20.3 Å². The summed E-state index contributed by atoms with van der Waals surface area (Å²) in [7, 11) is 0. The molecule has 134 valence electrons. The second kappa shape index (κ2) is 7.69. The molecule has 7 heteroatoms. The fourth-order valence-corrected chi connectivity index (χ4v) is 2.43. The van der Waals surface area contributed by atoms with Gasteiger partial charge in [0.2, 0.25) is 0 Å². The molecular weight excluding hydrogens is 332 g/mol. The van der Waals surface area contributed by atoms with Crippen molar-refractivity contribution in [2.24, 2.45) is 0 Å². The van der Waals surface area contributed by atoms with E-state index in [9.17, 15) is 4.79 Å². The number of nitrogens with one attached hydrogen (secondary N) is 1. The molecule has 2 aromatic heterocycles. The van der Waals surface area contributed by atoms with E-state index < -0.39 is 6.09 Å². The highest BCUT2D eigenvalue weighted by molar-refractivity contribution is 5.68. The van der Waals surface area contributed by atoms with Crippen LogP contribution in [0.2, 0.25) is 0 Å². The lowest BCUT2D eigenvalue weighted by atomic mass is 10.1. The number of aromatic nitrogens is 2. The van der Waals surface area contributed by atoms with Gasteiger partial charge in [-0.1, -0.05) is 35.5 Å². The van der Waals surface area contributed by atoms with E-state index in [0.717, 1.165) is 11.1 Å². The van der Waals surface area contributed by atoms with Crippen LogP contribution >= 0.6 is 0 Å². The first-order valence-corrected chi connectivity index (χ1v) is 8.18. The standard InChI is InChI=1S/C19H20N4O3/c1-12-15(10-21-19(24)25-11-14-6-4-3-5-7-14)18(26-23-12)17-9-8-16(20)13(2)22-17/h3-9H,10-11,20H2,1-2H3,(H,21,24).